The SMILES string of the molecule is Cc1cc(C(=O)Nc2ccc(C)c(S(=O)(=O)N3CCCCC3)c2)c(C)o1. The molecule has 1 N–H and O–H groups in total. The summed E-state index contributed by atoms with van der Waals surface area (Å²) in [6.07, 6.45) is 2.83. The molecule has 140 valence electrons. The zero-order valence-electron chi connectivity index (χ0n) is 15.3. The van der Waals surface area contributed by atoms with E-state index in [0.717, 1.165) is 19.3 Å². The van der Waals surface area contributed by atoms with E-state index >= 15 is 0 Å². The van der Waals surface area contributed by atoms with E-state index in [1.807, 2.05) is 0 Å². The molecule has 0 bridgehead atoms. The van der Waals surface area contributed by atoms with Gasteiger partial charge in [0.05, 0.1) is 10.5 Å². The Morgan fingerprint density at radius 2 is 1.77 bits per heavy atom. The van der Waals surface area contributed by atoms with Crippen molar-refractivity contribution in [3.63, 3.8) is 0 Å². The predicted octanol–water partition coefficient (Wildman–Crippen LogP) is 3.63. The van der Waals surface area contributed by atoms with E-state index in [0.29, 0.717) is 41.4 Å². The van der Waals surface area contributed by atoms with Crippen molar-refractivity contribution < 1.29 is 17.6 Å². The summed E-state index contributed by atoms with van der Waals surface area (Å²) in [6, 6.07) is 6.65. The number of piperidine rings is 1. The van der Waals surface area contributed by atoms with Gasteiger partial charge in [-0.15, -0.1) is 0 Å². The van der Waals surface area contributed by atoms with Gasteiger partial charge in [-0.3, -0.25) is 4.79 Å². The Morgan fingerprint density at radius 1 is 1.08 bits per heavy atom. The van der Waals surface area contributed by atoms with Crippen molar-refractivity contribution in [1.29, 1.82) is 0 Å². The minimum Gasteiger partial charge on any atom is -0.466 e. The minimum atomic E-state index is -3.56. The molecule has 0 aliphatic carbocycles. The van der Waals surface area contributed by atoms with Gasteiger partial charge in [0.2, 0.25) is 10.0 Å². The molecular weight excluding hydrogens is 352 g/mol. The van der Waals surface area contributed by atoms with Crippen molar-refractivity contribution in [3.8, 4) is 0 Å². The molecule has 0 spiro atoms. The molecule has 3 rings (SSSR count). The zero-order valence-corrected chi connectivity index (χ0v) is 16.1. The summed E-state index contributed by atoms with van der Waals surface area (Å²) >= 11 is 0. The Kier molecular flexibility index (Phi) is 5.20. The Balaban J connectivity index is 1.88. The second-order valence-electron chi connectivity index (χ2n) is 6.73. The van der Waals surface area contributed by atoms with Crippen LogP contribution in [0.2, 0.25) is 0 Å². The number of aryl methyl sites for hydroxylation is 3. The monoisotopic (exact) mass is 376 g/mol. The zero-order chi connectivity index (χ0) is 18.9. The van der Waals surface area contributed by atoms with Crippen LogP contribution in [0.15, 0.2) is 33.6 Å². The van der Waals surface area contributed by atoms with E-state index in [1.54, 1.807) is 45.0 Å². The number of anilines is 1. The van der Waals surface area contributed by atoms with Gasteiger partial charge in [0.1, 0.15) is 11.5 Å². The molecule has 2 aromatic rings. The number of furan rings is 1. The highest BCUT2D eigenvalue weighted by atomic mass is 32.2. The van der Waals surface area contributed by atoms with Crippen LogP contribution in [-0.2, 0) is 10.0 Å². The lowest BCUT2D eigenvalue weighted by molar-refractivity contribution is 0.102. The van der Waals surface area contributed by atoms with Gasteiger partial charge in [-0.25, -0.2) is 8.42 Å². The van der Waals surface area contributed by atoms with Crippen LogP contribution < -0.4 is 5.32 Å². The average Bonchev–Trinajstić information content (AvgIpc) is 2.95. The van der Waals surface area contributed by atoms with E-state index < -0.39 is 10.0 Å². The number of nitrogens with one attached hydrogen (secondary N) is 1. The van der Waals surface area contributed by atoms with E-state index in [-0.39, 0.29) is 10.8 Å². The standard InChI is InChI=1S/C19H24N2O4S/c1-13-7-8-16(20-19(22)17-11-14(2)25-15(17)3)12-18(13)26(23,24)21-9-5-4-6-10-21/h7-8,11-12H,4-6,9-10H2,1-3H3,(H,20,22). The second kappa shape index (κ2) is 7.25. The molecule has 26 heavy (non-hydrogen) atoms. The van der Waals surface area contributed by atoms with Crippen molar-refractivity contribution in [1.82, 2.24) is 4.31 Å². The van der Waals surface area contributed by atoms with E-state index in [1.165, 1.54) is 4.31 Å². The fourth-order valence-corrected chi connectivity index (χ4v) is 5.02. The van der Waals surface area contributed by atoms with Crippen molar-refractivity contribution in [2.45, 2.75) is 44.9 Å². The van der Waals surface area contributed by atoms with Crippen molar-refractivity contribution in [3.05, 3.63) is 46.9 Å². The lowest BCUT2D eigenvalue weighted by Crippen LogP contribution is -2.36. The van der Waals surface area contributed by atoms with Crippen LogP contribution in [0, 0.1) is 20.8 Å². The van der Waals surface area contributed by atoms with Crippen LogP contribution in [0.4, 0.5) is 5.69 Å². The highest BCUT2D eigenvalue weighted by Gasteiger charge is 2.27. The topological polar surface area (TPSA) is 79.6 Å². The van der Waals surface area contributed by atoms with Crippen molar-refractivity contribution >= 4 is 21.6 Å². The first-order chi connectivity index (χ1) is 12.3. The lowest BCUT2D eigenvalue weighted by Gasteiger charge is -2.26. The molecule has 0 saturated carbocycles. The number of benzene rings is 1. The molecule has 1 fully saturated rings. The number of carbonyl (C=O) groups is 1. The van der Waals surface area contributed by atoms with E-state index in [2.05, 4.69) is 5.32 Å². The molecule has 1 aliphatic rings. The van der Waals surface area contributed by atoms with Crippen LogP contribution in [0.1, 0.15) is 46.7 Å². The van der Waals surface area contributed by atoms with Crippen molar-refractivity contribution in [2.24, 2.45) is 0 Å². The second-order valence-corrected chi connectivity index (χ2v) is 8.63. The largest absolute Gasteiger partial charge is 0.466 e. The summed E-state index contributed by atoms with van der Waals surface area (Å²) in [5, 5.41) is 2.77. The number of carbonyl (C=O) groups excluding carboxylic acids is 1. The average molecular weight is 376 g/mol. The first-order valence-corrected chi connectivity index (χ1v) is 10.2. The van der Waals surface area contributed by atoms with Gasteiger partial charge < -0.3 is 9.73 Å². The first-order valence-electron chi connectivity index (χ1n) is 8.78. The number of hydrogen-bond donors (Lipinski definition) is 1. The maximum absolute atomic E-state index is 13.0. The van der Waals surface area contributed by atoms with Crippen LogP contribution in [0.3, 0.4) is 0 Å². The van der Waals surface area contributed by atoms with Gasteiger partial charge >= 0.3 is 0 Å². The smallest absolute Gasteiger partial charge is 0.259 e. The number of hydrogen-bond acceptors (Lipinski definition) is 4. The Morgan fingerprint density at radius 3 is 2.38 bits per heavy atom. The molecule has 1 aromatic carbocycles. The van der Waals surface area contributed by atoms with Gasteiger partial charge in [0.15, 0.2) is 0 Å². The molecular formula is C19H24N2O4S. The molecule has 2 heterocycles. The summed E-state index contributed by atoms with van der Waals surface area (Å²) in [5.74, 6) is 0.878. The Labute approximate surface area is 154 Å². The molecule has 0 unspecified atom stereocenters. The molecule has 1 saturated heterocycles. The summed E-state index contributed by atoms with van der Waals surface area (Å²) in [4.78, 5) is 12.7. The molecule has 0 radical (unpaired) electrons. The fraction of sp³-hybridized carbons (Fsp3) is 0.421. The third-order valence-corrected chi connectivity index (χ3v) is 6.71. The molecule has 7 heteroatoms. The molecule has 0 atom stereocenters. The maximum Gasteiger partial charge on any atom is 0.259 e. The maximum atomic E-state index is 13.0. The molecule has 1 aromatic heterocycles. The fourth-order valence-electron chi connectivity index (χ4n) is 3.25. The van der Waals surface area contributed by atoms with Gasteiger partial charge in [-0.1, -0.05) is 12.5 Å². The summed E-state index contributed by atoms with van der Waals surface area (Å²) in [6.45, 7) is 6.37. The summed E-state index contributed by atoms with van der Waals surface area (Å²) in [5.41, 5.74) is 1.57. The summed E-state index contributed by atoms with van der Waals surface area (Å²) < 4.78 is 32.9. The van der Waals surface area contributed by atoms with E-state index in [4.69, 9.17) is 4.42 Å². The van der Waals surface area contributed by atoms with Crippen LogP contribution >= 0.6 is 0 Å². The lowest BCUT2D eigenvalue weighted by atomic mass is 10.2. The third kappa shape index (κ3) is 3.68. The van der Waals surface area contributed by atoms with E-state index in [9.17, 15) is 13.2 Å². The van der Waals surface area contributed by atoms with Gasteiger partial charge in [-0.05, 0) is 57.4 Å². The number of rotatable bonds is 4. The Bertz CT molecular complexity index is 925. The molecule has 6 nitrogen and oxygen atoms in total. The number of nitrogens with zero attached hydrogens (tertiary/aromatic N) is 1. The van der Waals surface area contributed by atoms with Gasteiger partial charge in [0.25, 0.3) is 5.91 Å². The van der Waals surface area contributed by atoms with Crippen LogP contribution in [0.5, 0.6) is 0 Å². The highest BCUT2D eigenvalue weighted by molar-refractivity contribution is 7.89. The number of sulfonamides is 1. The van der Waals surface area contributed by atoms with Gasteiger partial charge in [0, 0.05) is 18.8 Å². The molecule has 1 aliphatic heterocycles. The Hall–Kier alpha value is -2.12. The minimum absolute atomic E-state index is 0.247. The summed E-state index contributed by atoms with van der Waals surface area (Å²) in [7, 11) is -3.56. The highest BCUT2D eigenvalue weighted by Crippen LogP contribution is 2.26. The van der Waals surface area contributed by atoms with Crippen molar-refractivity contribution in [2.75, 3.05) is 18.4 Å². The quantitative estimate of drug-likeness (QED) is 0.884. The van der Waals surface area contributed by atoms with Crippen LogP contribution in [-0.4, -0.2) is 31.7 Å². The molecule has 1 amide bonds. The van der Waals surface area contributed by atoms with Gasteiger partial charge in [-0.2, -0.15) is 4.31 Å². The van der Waals surface area contributed by atoms with Crippen LogP contribution in [0.25, 0.3) is 0 Å². The third-order valence-electron chi connectivity index (χ3n) is 4.66. The normalized spacial score (nSPS) is 15.8. The number of amides is 1. The first kappa shape index (κ1) is 18.7. The predicted molar refractivity (Wildman–Crippen MR) is 99.9 cm³/mol.